The molecule has 7 nitrogen and oxygen atoms in total. The van der Waals surface area contributed by atoms with Crippen molar-refractivity contribution in [1.29, 1.82) is 0 Å². The van der Waals surface area contributed by atoms with Crippen LogP contribution in [0.1, 0.15) is 16.1 Å². The molecule has 0 aliphatic carbocycles. The average molecular weight is 342 g/mol. The van der Waals surface area contributed by atoms with E-state index in [1.54, 1.807) is 32.4 Å². The molecule has 0 spiro atoms. The monoisotopic (exact) mass is 342 g/mol. The summed E-state index contributed by atoms with van der Waals surface area (Å²) in [6.45, 7) is 4.62. The molecule has 0 N–H and O–H groups in total. The van der Waals surface area contributed by atoms with Gasteiger partial charge < -0.3 is 19.3 Å². The molecule has 0 bridgehead atoms. The number of hydrogen-bond acceptors (Lipinski definition) is 6. The zero-order valence-electron chi connectivity index (χ0n) is 14.7. The van der Waals surface area contributed by atoms with Crippen LogP contribution in [0.2, 0.25) is 0 Å². The highest BCUT2D eigenvalue weighted by Gasteiger charge is 2.25. The fraction of sp³-hybridized carbons (Fsp3) is 0.389. The Labute approximate surface area is 147 Å². The summed E-state index contributed by atoms with van der Waals surface area (Å²) in [5, 5.41) is 8.31. The molecule has 1 aliphatic heterocycles. The molecular weight excluding hydrogens is 320 g/mol. The van der Waals surface area contributed by atoms with Crippen LogP contribution < -0.4 is 14.4 Å². The van der Waals surface area contributed by atoms with Crippen molar-refractivity contribution < 1.29 is 14.3 Å². The van der Waals surface area contributed by atoms with Crippen molar-refractivity contribution >= 4 is 11.7 Å². The number of rotatable bonds is 4. The minimum Gasteiger partial charge on any atom is -0.497 e. The van der Waals surface area contributed by atoms with Crippen molar-refractivity contribution in [3.63, 3.8) is 0 Å². The van der Waals surface area contributed by atoms with Gasteiger partial charge in [-0.2, -0.15) is 5.10 Å². The maximum atomic E-state index is 12.8. The van der Waals surface area contributed by atoms with E-state index < -0.39 is 0 Å². The molecule has 1 aromatic carbocycles. The minimum atomic E-state index is -0.0332. The summed E-state index contributed by atoms with van der Waals surface area (Å²) in [5.41, 5.74) is 1.44. The predicted octanol–water partition coefficient (Wildman–Crippen LogP) is 1.76. The normalized spacial score (nSPS) is 14.4. The standard InChI is InChI=1S/C18H22N4O3/c1-13-4-7-17(20-19-13)21-8-10-22(11-9-21)18(23)15-6-5-14(24-2)12-16(15)25-3/h4-7,12H,8-11H2,1-3H3. The van der Waals surface area contributed by atoms with Crippen LogP contribution in [-0.4, -0.2) is 61.4 Å². The first-order valence-corrected chi connectivity index (χ1v) is 8.19. The van der Waals surface area contributed by atoms with Gasteiger partial charge in [0, 0.05) is 32.2 Å². The summed E-state index contributed by atoms with van der Waals surface area (Å²) in [7, 11) is 3.14. The zero-order chi connectivity index (χ0) is 17.8. The lowest BCUT2D eigenvalue weighted by Crippen LogP contribution is -2.49. The summed E-state index contributed by atoms with van der Waals surface area (Å²) in [6.07, 6.45) is 0. The lowest BCUT2D eigenvalue weighted by atomic mass is 10.1. The molecule has 2 heterocycles. The minimum absolute atomic E-state index is 0.0332. The van der Waals surface area contributed by atoms with Crippen LogP contribution in [0.25, 0.3) is 0 Å². The van der Waals surface area contributed by atoms with Gasteiger partial charge in [-0.3, -0.25) is 4.79 Å². The quantitative estimate of drug-likeness (QED) is 0.843. The summed E-state index contributed by atoms with van der Waals surface area (Å²) >= 11 is 0. The van der Waals surface area contributed by atoms with E-state index in [0.29, 0.717) is 30.2 Å². The van der Waals surface area contributed by atoms with Crippen LogP contribution in [0.15, 0.2) is 30.3 Å². The van der Waals surface area contributed by atoms with Crippen LogP contribution in [-0.2, 0) is 0 Å². The van der Waals surface area contributed by atoms with E-state index >= 15 is 0 Å². The van der Waals surface area contributed by atoms with Crippen LogP contribution in [0, 0.1) is 6.92 Å². The molecule has 0 atom stereocenters. The van der Waals surface area contributed by atoms with E-state index in [0.717, 1.165) is 24.6 Å². The number of methoxy groups -OCH3 is 2. The highest BCUT2D eigenvalue weighted by atomic mass is 16.5. The largest absolute Gasteiger partial charge is 0.497 e. The topological polar surface area (TPSA) is 67.8 Å². The number of hydrogen-bond donors (Lipinski definition) is 0. The number of anilines is 1. The molecule has 1 aromatic heterocycles. The molecule has 0 radical (unpaired) electrons. The molecule has 2 aromatic rings. The first kappa shape index (κ1) is 17.0. The van der Waals surface area contributed by atoms with Crippen LogP contribution >= 0.6 is 0 Å². The average Bonchev–Trinajstić information content (AvgIpc) is 2.67. The molecule has 132 valence electrons. The number of aromatic nitrogens is 2. The first-order chi connectivity index (χ1) is 12.1. The van der Waals surface area contributed by atoms with Gasteiger partial charge in [0.25, 0.3) is 5.91 Å². The van der Waals surface area contributed by atoms with Crippen molar-refractivity contribution in [2.24, 2.45) is 0 Å². The number of carbonyl (C=O) groups excluding carboxylic acids is 1. The third-order valence-electron chi connectivity index (χ3n) is 4.31. The van der Waals surface area contributed by atoms with Gasteiger partial charge in [0.15, 0.2) is 5.82 Å². The number of carbonyl (C=O) groups is 1. The van der Waals surface area contributed by atoms with Gasteiger partial charge >= 0.3 is 0 Å². The second-order valence-electron chi connectivity index (χ2n) is 5.88. The second kappa shape index (κ2) is 7.38. The number of nitrogens with zero attached hydrogens (tertiary/aromatic N) is 4. The Hall–Kier alpha value is -2.83. The highest BCUT2D eigenvalue weighted by molar-refractivity contribution is 5.97. The van der Waals surface area contributed by atoms with Gasteiger partial charge in [-0.05, 0) is 31.2 Å². The van der Waals surface area contributed by atoms with Crippen molar-refractivity contribution in [3.05, 3.63) is 41.6 Å². The Morgan fingerprint density at radius 1 is 1.00 bits per heavy atom. The van der Waals surface area contributed by atoms with E-state index in [1.807, 2.05) is 24.0 Å². The second-order valence-corrected chi connectivity index (χ2v) is 5.88. The van der Waals surface area contributed by atoms with Gasteiger partial charge in [-0.15, -0.1) is 5.10 Å². The third-order valence-corrected chi connectivity index (χ3v) is 4.31. The summed E-state index contributed by atoms with van der Waals surface area (Å²) in [6, 6.07) is 9.16. The van der Waals surface area contributed by atoms with E-state index in [1.165, 1.54) is 0 Å². The van der Waals surface area contributed by atoms with Gasteiger partial charge in [-0.25, -0.2) is 0 Å². The number of ether oxygens (including phenoxy) is 2. The predicted molar refractivity (Wildman–Crippen MR) is 94.4 cm³/mol. The molecule has 0 saturated carbocycles. The Kier molecular flexibility index (Phi) is 5.02. The molecule has 1 amide bonds. The third kappa shape index (κ3) is 3.65. The van der Waals surface area contributed by atoms with E-state index in [4.69, 9.17) is 9.47 Å². The molecular formula is C18H22N4O3. The summed E-state index contributed by atoms with van der Waals surface area (Å²) in [5.74, 6) is 2.00. The van der Waals surface area contributed by atoms with Crippen molar-refractivity contribution in [2.75, 3.05) is 45.3 Å². The first-order valence-electron chi connectivity index (χ1n) is 8.19. The molecule has 7 heteroatoms. The van der Waals surface area contributed by atoms with Crippen molar-refractivity contribution in [2.45, 2.75) is 6.92 Å². The van der Waals surface area contributed by atoms with Gasteiger partial charge in [0.2, 0.25) is 0 Å². The van der Waals surface area contributed by atoms with Crippen molar-refractivity contribution in [3.8, 4) is 11.5 Å². The maximum Gasteiger partial charge on any atom is 0.257 e. The number of piperazine rings is 1. The Morgan fingerprint density at radius 3 is 2.36 bits per heavy atom. The SMILES string of the molecule is COc1ccc(C(=O)N2CCN(c3ccc(C)nn3)CC2)c(OC)c1. The molecule has 0 unspecified atom stereocenters. The van der Waals surface area contributed by atoms with E-state index in [9.17, 15) is 4.79 Å². The lowest BCUT2D eigenvalue weighted by Gasteiger charge is -2.35. The zero-order valence-corrected chi connectivity index (χ0v) is 14.7. The van der Waals surface area contributed by atoms with Gasteiger partial charge in [-0.1, -0.05) is 0 Å². The van der Waals surface area contributed by atoms with E-state index in [-0.39, 0.29) is 5.91 Å². The number of aryl methyl sites for hydroxylation is 1. The van der Waals surface area contributed by atoms with E-state index in [2.05, 4.69) is 15.1 Å². The smallest absolute Gasteiger partial charge is 0.257 e. The molecule has 1 fully saturated rings. The Balaban J connectivity index is 1.68. The molecule has 1 saturated heterocycles. The molecule has 3 rings (SSSR count). The van der Waals surface area contributed by atoms with Gasteiger partial charge in [0.1, 0.15) is 11.5 Å². The van der Waals surface area contributed by atoms with Crippen LogP contribution in [0.3, 0.4) is 0 Å². The molecule has 25 heavy (non-hydrogen) atoms. The van der Waals surface area contributed by atoms with Crippen LogP contribution in [0.5, 0.6) is 11.5 Å². The lowest BCUT2D eigenvalue weighted by molar-refractivity contribution is 0.0743. The summed E-state index contributed by atoms with van der Waals surface area (Å²) in [4.78, 5) is 16.8. The summed E-state index contributed by atoms with van der Waals surface area (Å²) < 4.78 is 10.5. The maximum absolute atomic E-state index is 12.8. The van der Waals surface area contributed by atoms with Crippen molar-refractivity contribution in [1.82, 2.24) is 15.1 Å². The molecule has 1 aliphatic rings. The Morgan fingerprint density at radius 2 is 1.76 bits per heavy atom. The fourth-order valence-corrected chi connectivity index (χ4v) is 2.84. The van der Waals surface area contributed by atoms with Gasteiger partial charge in [0.05, 0.1) is 25.5 Å². The van der Waals surface area contributed by atoms with Crippen LogP contribution in [0.4, 0.5) is 5.82 Å². The fourth-order valence-electron chi connectivity index (χ4n) is 2.84. The number of amides is 1. The highest BCUT2D eigenvalue weighted by Crippen LogP contribution is 2.26. The number of benzene rings is 1. The Bertz CT molecular complexity index is 740.